The molecule has 1 amide bonds. The molecule has 86 valence electrons. The van der Waals surface area contributed by atoms with Gasteiger partial charge < -0.3 is 15.2 Å². The van der Waals surface area contributed by atoms with Crippen LogP contribution in [0.5, 0.6) is 0 Å². The molecule has 1 fully saturated rings. The predicted octanol–water partition coefficient (Wildman–Crippen LogP) is 0.535. The van der Waals surface area contributed by atoms with Crippen LogP contribution in [0, 0.1) is 0 Å². The van der Waals surface area contributed by atoms with Crippen LogP contribution in [0.3, 0.4) is 0 Å². The third-order valence-corrected chi connectivity index (χ3v) is 2.54. The van der Waals surface area contributed by atoms with Crippen LogP contribution in [0.2, 0.25) is 0 Å². The zero-order valence-electron chi connectivity index (χ0n) is 9.08. The Morgan fingerprint density at radius 3 is 2.40 bits per heavy atom. The number of rotatable bonds is 5. The molecule has 5 nitrogen and oxygen atoms in total. The molecule has 0 aromatic rings. The summed E-state index contributed by atoms with van der Waals surface area (Å²) in [6.07, 6.45) is 1.83. The third-order valence-electron chi connectivity index (χ3n) is 2.54. The maximum Gasteiger partial charge on any atom is 0.329 e. The van der Waals surface area contributed by atoms with Crippen LogP contribution in [-0.4, -0.2) is 35.2 Å². The van der Waals surface area contributed by atoms with Gasteiger partial charge in [-0.05, 0) is 33.1 Å². The number of carbonyl (C=O) groups is 2. The number of hydrogen-bond donors (Lipinski definition) is 2. The van der Waals surface area contributed by atoms with E-state index in [2.05, 4.69) is 5.32 Å². The van der Waals surface area contributed by atoms with Crippen molar-refractivity contribution in [3.63, 3.8) is 0 Å². The summed E-state index contributed by atoms with van der Waals surface area (Å²) in [5, 5.41) is 11.5. The fourth-order valence-electron chi connectivity index (χ4n) is 1.47. The van der Waals surface area contributed by atoms with Crippen molar-refractivity contribution in [3.8, 4) is 0 Å². The van der Waals surface area contributed by atoms with E-state index in [1.165, 1.54) is 0 Å². The lowest BCUT2D eigenvalue weighted by molar-refractivity contribution is -0.152. The molecule has 0 atom stereocenters. The van der Waals surface area contributed by atoms with E-state index in [0.29, 0.717) is 12.8 Å². The number of aliphatic carboxylic acids is 1. The van der Waals surface area contributed by atoms with Gasteiger partial charge in [-0.25, -0.2) is 4.79 Å². The number of amides is 1. The van der Waals surface area contributed by atoms with Gasteiger partial charge in [0.2, 0.25) is 5.91 Å². The van der Waals surface area contributed by atoms with E-state index < -0.39 is 11.5 Å². The first-order chi connectivity index (χ1) is 6.96. The average molecular weight is 215 g/mol. The second-order valence-electron chi connectivity index (χ2n) is 4.15. The van der Waals surface area contributed by atoms with Gasteiger partial charge >= 0.3 is 5.97 Å². The Kier molecular flexibility index (Phi) is 3.68. The van der Waals surface area contributed by atoms with Crippen LogP contribution in [-0.2, 0) is 14.3 Å². The maximum atomic E-state index is 11.4. The van der Waals surface area contributed by atoms with Crippen molar-refractivity contribution in [3.05, 3.63) is 0 Å². The molecule has 0 spiro atoms. The van der Waals surface area contributed by atoms with Gasteiger partial charge in [-0.3, -0.25) is 4.79 Å². The first-order valence-electron chi connectivity index (χ1n) is 5.12. The van der Waals surface area contributed by atoms with E-state index in [4.69, 9.17) is 9.84 Å². The van der Waals surface area contributed by atoms with Crippen LogP contribution in [0.25, 0.3) is 0 Å². The quantitative estimate of drug-likeness (QED) is 0.701. The Morgan fingerprint density at radius 2 is 2.07 bits per heavy atom. The fraction of sp³-hybridized carbons (Fsp3) is 0.800. The second-order valence-corrected chi connectivity index (χ2v) is 4.15. The fourth-order valence-corrected chi connectivity index (χ4v) is 1.47. The SMILES string of the molecule is CC(C)OCC(=O)NC1(C(=O)O)CCC1. The molecule has 0 heterocycles. The Bertz CT molecular complexity index is 258. The number of hydrogen-bond acceptors (Lipinski definition) is 3. The molecule has 1 saturated carbocycles. The highest BCUT2D eigenvalue weighted by Crippen LogP contribution is 2.31. The third kappa shape index (κ3) is 2.92. The summed E-state index contributed by atoms with van der Waals surface area (Å²) >= 11 is 0. The van der Waals surface area contributed by atoms with E-state index in [1.807, 2.05) is 13.8 Å². The molecule has 1 aliphatic carbocycles. The van der Waals surface area contributed by atoms with Crippen LogP contribution in [0.4, 0.5) is 0 Å². The highest BCUT2D eigenvalue weighted by Gasteiger charge is 2.45. The van der Waals surface area contributed by atoms with Gasteiger partial charge in [0.15, 0.2) is 0 Å². The summed E-state index contributed by atoms with van der Waals surface area (Å²) < 4.78 is 5.09. The zero-order valence-corrected chi connectivity index (χ0v) is 9.08. The van der Waals surface area contributed by atoms with E-state index in [9.17, 15) is 9.59 Å². The summed E-state index contributed by atoms with van der Waals surface area (Å²) in [4.78, 5) is 22.3. The van der Waals surface area contributed by atoms with Crippen LogP contribution < -0.4 is 5.32 Å². The molecule has 0 saturated heterocycles. The highest BCUT2D eigenvalue weighted by molar-refractivity contribution is 5.88. The minimum Gasteiger partial charge on any atom is -0.480 e. The summed E-state index contributed by atoms with van der Waals surface area (Å²) in [6, 6.07) is 0. The zero-order chi connectivity index (χ0) is 11.5. The number of carboxylic acids is 1. The van der Waals surface area contributed by atoms with E-state index in [1.54, 1.807) is 0 Å². The van der Waals surface area contributed by atoms with Crippen molar-refractivity contribution in [1.82, 2.24) is 5.32 Å². The van der Waals surface area contributed by atoms with Crippen molar-refractivity contribution in [2.75, 3.05) is 6.61 Å². The molecule has 0 bridgehead atoms. The van der Waals surface area contributed by atoms with Gasteiger partial charge in [0.1, 0.15) is 12.1 Å². The Hall–Kier alpha value is -1.10. The minimum absolute atomic E-state index is 0.0297. The largest absolute Gasteiger partial charge is 0.480 e. The Morgan fingerprint density at radius 1 is 1.47 bits per heavy atom. The average Bonchev–Trinajstić information content (AvgIpc) is 2.07. The number of nitrogens with one attached hydrogen (secondary N) is 1. The summed E-state index contributed by atoms with van der Waals surface area (Å²) in [6.45, 7) is 3.57. The van der Waals surface area contributed by atoms with Crippen molar-refractivity contribution >= 4 is 11.9 Å². The predicted molar refractivity (Wildman–Crippen MR) is 53.4 cm³/mol. The lowest BCUT2D eigenvalue weighted by Gasteiger charge is -2.38. The van der Waals surface area contributed by atoms with Gasteiger partial charge in [0.25, 0.3) is 0 Å². The van der Waals surface area contributed by atoms with Crippen LogP contribution in [0.1, 0.15) is 33.1 Å². The first kappa shape index (κ1) is 12.0. The minimum atomic E-state index is -1.03. The molecular weight excluding hydrogens is 198 g/mol. The molecule has 5 heteroatoms. The molecule has 1 rings (SSSR count). The van der Waals surface area contributed by atoms with Crippen molar-refractivity contribution in [1.29, 1.82) is 0 Å². The topological polar surface area (TPSA) is 75.6 Å². The van der Waals surface area contributed by atoms with Gasteiger partial charge in [-0.2, -0.15) is 0 Å². The van der Waals surface area contributed by atoms with Gasteiger partial charge in [-0.1, -0.05) is 0 Å². The van der Waals surface area contributed by atoms with E-state index >= 15 is 0 Å². The molecule has 1 aliphatic rings. The summed E-state index contributed by atoms with van der Waals surface area (Å²) in [7, 11) is 0. The molecule has 15 heavy (non-hydrogen) atoms. The van der Waals surface area contributed by atoms with Crippen molar-refractivity contribution in [2.45, 2.75) is 44.8 Å². The molecule has 0 aromatic carbocycles. The van der Waals surface area contributed by atoms with Gasteiger partial charge in [-0.15, -0.1) is 0 Å². The van der Waals surface area contributed by atoms with Crippen LogP contribution >= 0.6 is 0 Å². The number of carbonyl (C=O) groups excluding carboxylic acids is 1. The molecule has 0 aliphatic heterocycles. The number of ether oxygens (including phenoxy) is 1. The second kappa shape index (κ2) is 4.61. The lowest BCUT2D eigenvalue weighted by atomic mass is 9.77. The van der Waals surface area contributed by atoms with E-state index in [-0.39, 0.29) is 18.6 Å². The van der Waals surface area contributed by atoms with E-state index in [0.717, 1.165) is 6.42 Å². The standard InChI is InChI=1S/C10H17NO4/c1-7(2)15-6-8(12)11-10(9(13)14)4-3-5-10/h7H,3-6H2,1-2H3,(H,11,12)(H,13,14). The summed E-state index contributed by atoms with van der Waals surface area (Å²) in [5.41, 5.74) is -1.03. The van der Waals surface area contributed by atoms with Gasteiger partial charge in [0.05, 0.1) is 6.10 Å². The smallest absolute Gasteiger partial charge is 0.329 e. The normalized spacial score (nSPS) is 18.3. The monoisotopic (exact) mass is 215 g/mol. The molecular formula is C10H17NO4. The molecule has 0 unspecified atom stereocenters. The number of carboxylic acid groups (broad SMARTS) is 1. The first-order valence-corrected chi connectivity index (χ1v) is 5.12. The lowest BCUT2D eigenvalue weighted by Crippen LogP contribution is -2.59. The summed E-state index contributed by atoms with van der Waals surface area (Å²) in [5.74, 6) is -1.31. The molecule has 0 aromatic heterocycles. The molecule has 0 radical (unpaired) electrons. The highest BCUT2D eigenvalue weighted by atomic mass is 16.5. The van der Waals surface area contributed by atoms with Crippen molar-refractivity contribution < 1.29 is 19.4 Å². The van der Waals surface area contributed by atoms with Gasteiger partial charge in [0, 0.05) is 0 Å². The maximum absolute atomic E-state index is 11.4. The van der Waals surface area contributed by atoms with Crippen LogP contribution in [0.15, 0.2) is 0 Å². The molecule has 2 N–H and O–H groups in total. The Labute approximate surface area is 88.8 Å². The Balaban J connectivity index is 2.39. The van der Waals surface area contributed by atoms with Crippen molar-refractivity contribution in [2.24, 2.45) is 0 Å².